The second kappa shape index (κ2) is 6.54. The number of allylic oxidation sites excluding steroid dienone is 4. The molecule has 0 saturated carbocycles. The molecule has 3 N–H and O–H groups in total. The van der Waals surface area contributed by atoms with Gasteiger partial charge < -0.3 is 11.1 Å². The quantitative estimate of drug-likeness (QED) is 0.834. The maximum Gasteiger partial charge on any atom is 0.248 e. The average molecular weight is 370 g/mol. The van der Waals surface area contributed by atoms with Gasteiger partial charge in [0.25, 0.3) is 0 Å². The van der Waals surface area contributed by atoms with Crippen molar-refractivity contribution in [2.75, 3.05) is 11.9 Å². The van der Waals surface area contributed by atoms with Crippen LogP contribution in [-0.2, 0) is 0 Å². The zero-order valence-corrected chi connectivity index (χ0v) is 15.4. The second-order valence-electron chi connectivity index (χ2n) is 6.96. The summed E-state index contributed by atoms with van der Waals surface area (Å²) in [5, 5.41) is 13.0. The number of hydrogen-bond acceptors (Lipinski definition) is 5. The van der Waals surface area contributed by atoms with Gasteiger partial charge in [0.2, 0.25) is 5.91 Å². The van der Waals surface area contributed by atoms with Crippen LogP contribution in [0.5, 0.6) is 0 Å². The Labute approximate surface area is 155 Å². The van der Waals surface area contributed by atoms with Gasteiger partial charge in [-0.25, -0.2) is 9.37 Å². The van der Waals surface area contributed by atoms with E-state index in [4.69, 9.17) is 5.73 Å². The smallest absolute Gasteiger partial charge is 0.248 e. The van der Waals surface area contributed by atoms with Crippen molar-refractivity contribution < 1.29 is 9.18 Å². The monoisotopic (exact) mass is 370 g/mol. The third kappa shape index (κ3) is 3.20. The molecule has 134 valence electrons. The van der Waals surface area contributed by atoms with Crippen molar-refractivity contribution in [3.05, 3.63) is 47.6 Å². The number of amides is 1. The van der Waals surface area contributed by atoms with Crippen LogP contribution in [0.2, 0.25) is 0 Å². The summed E-state index contributed by atoms with van der Waals surface area (Å²) < 4.78 is 15.9. The number of nitriles is 1. The predicted octanol–water partition coefficient (Wildman–Crippen LogP) is 3.93. The van der Waals surface area contributed by atoms with Crippen LogP contribution in [0.3, 0.4) is 0 Å². The minimum atomic E-state index is -1.44. The molecule has 0 spiro atoms. The Morgan fingerprint density at radius 3 is 2.88 bits per heavy atom. The first-order valence-electron chi connectivity index (χ1n) is 8.17. The minimum absolute atomic E-state index is 0.270. The Balaban J connectivity index is 1.86. The highest BCUT2D eigenvalue weighted by atomic mass is 32.1. The summed E-state index contributed by atoms with van der Waals surface area (Å²) in [5.41, 5.74) is 4.28. The van der Waals surface area contributed by atoms with Crippen molar-refractivity contribution in [3.8, 4) is 6.07 Å². The fourth-order valence-electron chi connectivity index (χ4n) is 2.87. The van der Waals surface area contributed by atoms with E-state index < -0.39 is 17.0 Å². The number of aromatic nitrogens is 1. The largest absolute Gasteiger partial charge is 0.366 e. The molecule has 0 aliphatic heterocycles. The van der Waals surface area contributed by atoms with Gasteiger partial charge in [0.1, 0.15) is 17.3 Å². The number of rotatable bonds is 5. The summed E-state index contributed by atoms with van der Waals surface area (Å²) in [6, 6.07) is 5.10. The minimum Gasteiger partial charge on any atom is -0.366 e. The summed E-state index contributed by atoms with van der Waals surface area (Å²) in [6.45, 7) is 4.09. The molecule has 3 rings (SSSR count). The lowest BCUT2D eigenvalue weighted by Crippen LogP contribution is -2.44. The zero-order valence-electron chi connectivity index (χ0n) is 14.5. The van der Waals surface area contributed by atoms with Crippen LogP contribution in [0.25, 0.3) is 10.2 Å². The normalized spacial score (nSPS) is 19.5. The molecule has 1 aromatic carbocycles. The Bertz CT molecular complexity index is 970. The maximum absolute atomic E-state index is 15.2. The van der Waals surface area contributed by atoms with Crippen LogP contribution in [0, 0.1) is 16.7 Å². The number of fused-ring (bicyclic) bond motifs is 1. The van der Waals surface area contributed by atoms with Crippen LogP contribution in [0.4, 0.5) is 9.52 Å². The average Bonchev–Trinajstić information content (AvgIpc) is 3.02. The molecule has 7 heteroatoms. The molecule has 1 atom stereocenters. The zero-order chi connectivity index (χ0) is 18.9. The van der Waals surface area contributed by atoms with Gasteiger partial charge in [0.05, 0.1) is 10.3 Å². The van der Waals surface area contributed by atoms with E-state index in [1.807, 2.05) is 32.1 Å². The van der Waals surface area contributed by atoms with E-state index in [1.165, 1.54) is 17.4 Å². The van der Waals surface area contributed by atoms with Crippen molar-refractivity contribution in [2.24, 2.45) is 11.1 Å². The fourth-order valence-corrected chi connectivity index (χ4v) is 3.80. The lowest BCUT2D eigenvalue weighted by molar-refractivity contribution is 0.0757. The Kier molecular flexibility index (Phi) is 4.55. The molecule has 1 aromatic heterocycles. The number of nitrogens with two attached hydrogens (primary N) is 1. The van der Waals surface area contributed by atoms with Crippen molar-refractivity contribution in [3.63, 3.8) is 0 Å². The number of carbonyl (C=O) groups is 1. The van der Waals surface area contributed by atoms with Crippen LogP contribution in [0.1, 0.15) is 36.2 Å². The molecule has 1 unspecified atom stereocenters. The van der Waals surface area contributed by atoms with Crippen molar-refractivity contribution in [2.45, 2.75) is 25.9 Å². The standard InChI is InChI=1S/C19H19FN4OS/c1-18(2,19(20)6-4-3-5-7-19)11-23-17-24-15-13(10-21)8-12(16(22)25)9-14(15)26-17/h3-6,8-9H,7,11H2,1-2H3,(H2,22,25)(H,23,24). The van der Waals surface area contributed by atoms with E-state index in [2.05, 4.69) is 10.3 Å². The molecule has 0 saturated heterocycles. The van der Waals surface area contributed by atoms with Gasteiger partial charge in [-0.2, -0.15) is 5.26 Å². The van der Waals surface area contributed by atoms with Crippen LogP contribution < -0.4 is 11.1 Å². The summed E-state index contributed by atoms with van der Waals surface area (Å²) >= 11 is 1.31. The number of halogens is 1. The van der Waals surface area contributed by atoms with E-state index in [0.717, 1.165) is 0 Å². The highest BCUT2D eigenvalue weighted by Gasteiger charge is 2.43. The number of thiazole rings is 1. The van der Waals surface area contributed by atoms with E-state index in [1.54, 1.807) is 18.2 Å². The third-order valence-corrected chi connectivity index (χ3v) is 5.69. The number of hydrogen-bond donors (Lipinski definition) is 2. The summed E-state index contributed by atoms with van der Waals surface area (Å²) in [7, 11) is 0. The first kappa shape index (κ1) is 18.1. The SMILES string of the molecule is CC(C)(CNc1nc2c(C#N)cc(C(N)=O)cc2s1)C1(F)C=CC=CC1. The van der Waals surface area contributed by atoms with E-state index >= 15 is 4.39 Å². The van der Waals surface area contributed by atoms with Gasteiger partial charge in [-0.05, 0) is 18.2 Å². The first-order chi connectivity index (χ1) is 12.3. The van der Waals surface area contributed by atoms with Crippen LogP contribution in [-0.4, -0.2) is 23.1 Å². The number of alkyl halides is 1. The Morgan fingerprint density at radius 2 is 2.27 bits per heavy atom. The topological polar surface area (TPSA) is 91.8 Å². The Hall–Kier alpha value is -2.72. The number of nitrogens with one attached hydrogen (secondary N) is 1. The van der Waals surface area contributed by atoms with Gasteiger partial charge in [-0.1, -0.05) is 43.4 Å². The Morgan fingerprint density at radius 1 is 1.50 bits per heavy atom. The molecule has 0 radical (unpaired) electrons. The van der Waals surface area contributed by atoms with Gasteiger partial charge in [-0.15, -0.1) is 0 Å². The van der Waals surface area contributed by atoms with Crippen LogP contribution in [0.15, 0.2) is 36.4 Å². The lowest BCUT2D eigenvalue weighted by Gasteiger charge is -2.39. The van der Waals surface area contributed by atoms with Crippen molar-refractivity contribution >= 4 is 32.6 Å². The number of anilines is 1. The summed E-state index contributed by atoms with van der Waals surface area (Å²) in [5.74, 6) is -0.594. The van der Waals surface area contributed by atoms with Gasteiger partial charge in [-0.3, -0.25) is 4.79 Å². The molecule has 1 aliphatic carbocycles. The molecule has 5 nitrogen and oxygen atoms in total. The number of primary amides is 1. The van der Waals surface area contributed by atoms with Crippen molar-refractivity contribution in [1.82, 2.24) is 4.98 Å². The summed E-state index contributed by atoms with van der Waals surface area (Å²) in [6.07, 6.45) is 7.32. The fraction of sp³-hybridized carbons (Fsp3) is 0.316. The highest BCUT2D eigenvalue weighted by Crippen LogP contribution is 2.41. The van der Waals surface area contributed by atoms with E-state index in [0.29, 0.717) is 33.9 Å². The third-order valence-electron chi connectivity index (χ3n) is 4.73. The molecule has 0 fully saturated rings. The lowest BCUT2D eigenvalue weighted by atomic mass is 9.73. The molecular formula is C19H19FN4OS. The molecule has 2 aromatic rings. The molecule has 26 heavy (non-hydrogen) atoms. The number of carbonyl (C=O) groups excluding carboxylic acids is 1. The molecule has 1 amide bonds. The summed E-state index contributed by atoms with van der Waals surface area (Å²) in [4.78, 5) is 15.8. The van der Waals surface area contributed by atoms with Gasteiger partial charge in [0, 0.05) is 23.9 Å². The van der Waals surface area contributed by atoms with E-state index in [9.17, 15) is 10.1 Å². The maximum atomic E-state index is 15.2. The second-order valence-corrected chi connectivity index (χ2v) is 7.99. The predicted molar refractivity (Wildman–Crippen MR) is 102 cm³/mol. The number of benzene rings is 1. The highest BCUT2D eigenvalue weighted by molar-refractivity contribution is 7.22. The first-order valence-corrected chi connectivity index (χ1v) is 8.99. The number of nitrogens with zero attached hydrogens (tertiary/aromatic N) is 2. The van der Waals surface area contributed by atoms with E-state index in [-0.39, 0.29) is 5.56 Å². The van der Waals surface area contributed by atoms with Crippen LogP contribution >= 0.6 is 11.3 Å². The molecule has 1 aliphatic rings. The molecular weight excluding hydrogens is 351 g/mol. The van der Waals surface area contributed by atoms with Crippen molar-refractivity contribution in [1.29, 1.82) is 5.26 Å². The van der Waals surface area contributed by atoms with Gasteiger partial charge in [0.15, 0.2) is 5.13 Å². The molecule has 0 bridgehead atoms. The van der Waals surface area contributed by atoms with Gasteiger partial charge >= 0.3 is 0 Å². The molecule has 1 heterocycles.